The molecule has 0 amide bonds. The lowest BCUT2D eigenvalue weighted by molar-refractivity contribution is 0.265. The molecule has 0 spiro atoms. The molecule has 9 heteroatoms. The van der Waals surface area contributed by atoms with Gasteiger partial charge in [0, 0.05) is 37.1 Å². The summed E-state index contributed by atoms with van der Waals surface area (Å²) in [4.78, 5) is 10.0. The van der Waals surface area contributed by atoms with Gasteiger partial charge in [0.1, 0.15) is 17.1 Å². The van der Waals surface area contributed by atoms with Crippen LogP contribution in [0.2, 0.25) is 5.02 Å². The lowest BCUT2D eigenvalue weighted by Crippen LogP contribution is -2.49. The summed E-state index contributed by atoms with van der Waals surface area (Å²) in [6, 6.07) is 11.5. The summed E-state index contributed by atoms with van der Waals surface area (Å²) in [7, 11) is 0. The summed E-state index contributed by atoms with van der Waals surface area (Å²) in [5, 5.41) is 24.1. The standard InChI is InChI=1S/C22H19ClFN5O2/c23-17-11-16-20(26-22(31)27-21(16)28-5-7-29(25)8-6-28)19(24)18(17)15-10-13(30)9-12-3-1-2-4-14(12)15/h1-4,9-11,30H,5-8,25H2,(H,26,27,31). The van der Waals surface area contributed by atoms with Crippen molar-refractivity contribution in [3.05, 3.63) is 53.3 Å². The molecule has 0 unspecified atom stereocenters. The van der Waals surface area contributed by atoms with Crippen molar-refractivity contribution in [1.29, 1.82) is 0 Å². The van der Waals surface area contributed by atoms with Crippen molar-refractivity contribution in [3.63, 3.8) is 0 Å². The van der Waals surface area contributed by atoms with Crippen LogP contribution in [0.5, 0.6) is 11.8 Å². The fourth-order valence-electron chi connectivity index (χ4n) is 4.09. The second-order valence-electron chi connectivity index (χ2n) is 7.53. The number of phenolic OH excluding ortho intramolecular Hbond substituents is 1. The zero-order chi connectivity index (χ0) is 21.7. The van der Waals surface area contributed by atoms with Crippen LogP contribution in [0, 0.1) is 5.82 Å². The van der Waals surface area contributed by atoms with E-state index in [0.717, 1.165) is 10.8 Å². The summed E-state index contributed by atoms with van der Waals surface area (Å²) in [6.07, 6.45) is 0. The van der Waals surface area contributed by atoms with E-state index in [1.165, 1.54) is 6.07 Å². The molecule has 0 bridgehead atoms. The largest absolute Gasteiger partial charge is 0.508 e. The average Bonchev–Trinajstić information content (AvgIpc) is 2.74. The number of nitrogens with two attached hydrogens (primary N) is 1. The van der Waals surface area contributed by atoms with Crippen LogP contribution in [0.4, 0.5) is 10.2 Å². The fourth-order valence-corrected chi connectivity index (χ4v) is 4.39. The maximum atomic E-state index is 15.9. The normalized spacial score (nSPS) is 15.1. The van der Waals surface area contributed by atoms with E-state index in [-0.39, 0.29) is 21.9 Å². The second-order valence-corrected chi connectivity index (χ2v) is 7.94. The highest BCUT2D eigenvalue weighted by Crippen LogP contribution is 2.42. The van der Waals surface area contributed by atoms with E-state index in [2.05, 4.69) is 9.97 Å². The number of hydrogen-bond acceptors (Lipinski definition) is 7. The van der Waals surface area contributed by atoms with Gasteiger partial charge in [0.2, 0.25) is 0 Å². The van der Waals surface area contributed by atoms with Gasteiger partial charge in [-0.2, -0.15) is 9.97 Å². The SMILES string of the molecule is NN1CCN(c2nc(O)nc3c(F)c(-c4cc(O)cc5ccccc45)c(Cl)cc23)CC1. The molecule has 158 valence electrons. The Bertz CT molecular complexity index is 1320. The minimum Gasteiger partial charge on any atom is -0.508 e. The molecule has 4 aromatic rings. The van der Waals surface area contributed by atoms with Gasteiger partial charge in [-0.25, -0.2) is 9.40 Å². The Labute approximate surface area is 182 Å². The molecule has 3 aromatic carbocycles. The molecule has 2 heterocycles. The highest BCUT2D eigenvalue weighted by molar-refractivity contribution is 6.35. The Balaban J connectivity index is 1.76. The maximum Gasteiger partial charge on any atom is 0.316 e. The third-order valence-electron chi connectivity index (χ3n) is 5.58. The lowest BCUT2D eigenvalue weighted by atomic mass is 9.96. The number of hydrazine groups is 1. The van der Waals surface area contributed by atoms with Crippen molar-refractivity contribution in [2.24, 2.45) is 5.84 Å². The number of anilines is 1. The Kier molecular flexibility index (Phi) is 4.77. The molecular weight excluding hydrogens is 421 g/mol. The number of benzene rings is 3. The Morgan fingerprint density at radius 1 is 0.968 bits per heavy atom. The van der Waals surface area contributed by atoms with Gasteiger partial charge in [0.05, 0.1) is 5.02 Å². The minimum atomic E-state index is -0.685. The lowest BCUT2D eigenvalue weighted by Gasteiger charge is -2.33. The van der Waals surface area contributed by atoms with Gasteiger partial charge in [-0.05, 0) is 34.5 Å². The van der Waals surface area contributed by atoms with E-state index in [9.17, 15) is 10.2 Å². The number of aromatic nitrogens is 2. The van der Waals surface area contributed by atoms with Gasteiger partial charge in [-0.15, -0.1) is 0 Å². The van der Waals surface area contributed by atoms with Gasteiger partial charge in [0.15, 0.2) is 5.82 Å². The number of halogens is 2. The molecule has 0 aliphatic carbocycles. The molecule has 1 aliphatic rings. The average molecular weight is 440 g/mol. The first kappa shape index (κ1) is 19.7. The van der Waals surface area contributed by atoms with Crippen molar-refractivity contribution in [2.45, 2.75) is 0 Å². The molecule has 7 nitrogen and oxygen atoms in total. The van der Waals surface area contributed by atoms with E-state index >= 15 is 4.39 Å². The van der Waals surface area contributed by atoms with Crippen LogP contribution >= 0.6 is 11.6 Å². The summed E-state index contributed by atoms with van der Waals surface area (Å²) < 4.78 is 15.9. The maximum absolute atomic E-state index is 15.9. The van der Waals surface area contributed by atoms with Crippen LogP contribution in [0.3, 0.4) is 0 Å². The first-order valence-corrected chi connectivity index (χ1v) is 10.2. The highest BCUT2D eigenvalue weighted by atomic mass is 35.5. The zero-order valence-electron chi connectivity index (χ0n) is 16.4. The van der Waals surface area contributed by atoms with Gasteiger partial charge in [0.25, 0.3) is 0 Å². The topological polar surface area (TPSA) is 98.7 Å². The van der Waals surface area contributed by atoms with E-state index in [0.29, 0.717) is 42.9 Å². The van der Waals surface area contributed by atoms with Crippen molar-refractivity contribution in [2.75, 3.05) is 31.1 Å². The van der Waals surface area contributed by atoms with Crippen LogP contribution in [-0.4, -0.2) is 51.4 Å². The first-order chi connectivity index (χ1) is 14.9. The molecule has 1 aliphatic heterocycles. The van der Waals surface area contributed by atoms with Crippen LogP contribution < -0.4 is 10.7 Å². The van der Waals surface area contributed by atoms with Gasteiger partial charge in [-0.1, -0.05) is 35.9 Å². The quantitative estimate of drug-likeness (QED) is 0.410. The molecule has 5 rings (SSSR count). The van der Waals surface area contributed by atoms with Crippen LogP contribution in [-0.2, 0) is 0 Å². The predicted octanol–water partition coefficient (Wildman–Crippen LogP) is 3.65. The highest BCUT2D eigenvalue weighted by Gasteiger charge is 2.24. The number of piperazine rings is 1. The summed E-state index contributed by atoms with van der Waals surface area (Å²) >= 11 is 6.58. The van der Waals surface area contributed by atoms with E-state index in [4.69, 9.17) is 17.4 Å². The monoisotopic (exact) mass is 439 g/mol. The Morgan fingerprint density at radius 2 is 1.71 bits per heavy atom. The van der Waals surface area contributed by atoms with Crippen LogP contribution in [0.15, 0.2) is 42.5 Å². The molecule has 0 saturated carbocycles. The van der Waals surface area contributed by atoms with Crippen LogP contribution in [0.1, 0.15) is 0 Å². The third-order valence-corrected chi connectivity index (χ3v) is 5.88. The van der Waals surface area contributed by atoms with Crippen molar-refractivity contribution < 1.29 is 14.6 Å². The smallest absolute Gasteiger partial charge is 0.316 e. The molecule has 1 saturated heterocycles. The summed E-state index contributed by atoms with van der Waals surface area (Å²) in [5.41, 5.74) is 0.512. The number of nitrogens with zero attached hydrogens (tertiary/aromatic N) is 4. The van der Waals surface area contributed by atoms with Crippen molar-refractivity contribution in [3.8, 4) is 22.9 Å². The second kappa shape index (κ2) is 7.49. The Hall–Kier alpha value is -3.20. The van der Waals surface area contributed by atoms with Gasteiger partial charge in [-0.3, -0.25) is 5.84 Å². The third kappa shape index (κ3) is 3.38. The van der Waals surface area contributed by atoms with Crippen molar-refractivity contribution >= 4 is 39.1 Å². The fraction of sp³-hybridized carbons (Fsp3) is 0.182. The van der Waals surface area contributed by atoms with E-state index in [1.54, 1.807) is 17.1 Å². The first-order valence-electron chi connectivity index (χ1n) is 9.78. The van der Waals surface area contributed by atoms with Crippen LogP contribution in [0.25, 0.3) is 32.8 Å². The predicted molar refractivity (Wildman–Crippen MR) is 119 cm³/mol. The zero-order valence-corrected chi connectivity index (χ0v) is 17.1. The number of fused-ring (bicyclic) bond motifs is 2. The molecule has 1 fully saturated rings. The molecule has 4 N–H and O–H groups in total. The minimum absolute atomic E-state index is 0.00450. The molecule has 0 radical (unpaired) electrons. The number of hydrogen-bond donors (Lipinski definition) is 3. The molecular formula is C22H19ClFN5O2. The number of aromatic hydroxyl groups is 2. The van der Waals surface area contributed by atoms with Gasteiger partial charge < -0.3 is 15.1 Å². The summed E-state index contributed by atoms with van der Waals surface area (Å²) in [5.74, 6) is 5.55. The van der Waals surface area contributed by atoms with E-state index < -0.39 is 11.8 Å². The molecule has 1 aromatic heterocycles. The number of phenols is 1. The van der Waals surface area contributed by atoms with Crippen molar-refractivity contribution in [1.82, 2.24) is 15.0 Å². The number of rotatable bonds is 2. The van der Waals surface area contributed by atoms with E-state index in [1.807, 2.05) is 29.2 Å². The Morgan fingerprint density at radius 3 is 2.48 bits per heavy atom. The molecule has 31 heavy (non-hydrogen) atoms. The van der Waals surface area contributed by atoms with Gasteiger partial charge >= 0.3 is 6.01 Å². The summed E-state index contributed by atoms with van der Waals surface area (Å²) in [6.45, 7) is 2.35. The molecule has 0 atom stereocenters.